The first-order valence-electron chi connectivity index (χ1n) is 7.78. The fourth-order valence-corrected chi connectivity index (χ4v) is 3.61. The van der Waals surface area contributed by atoms with Gasteiger partial charge in [-0.05, 0) is 43.5 Å². The van der Waals surface area contributed by atoms with E-state index in [2.05, 4.69) is 32.2 Å². The van der Waals surface area contributed by atoms with Crippen molar-refractivity contribution < 1.29 is 9.90 Å². The van der Waals surface area contributed by atoms with E-state index in [0.29, 0.717) is 13.1 Å². The normalized spacial score (nSPS) is 19.1. The number of thioether (sulfide) groups is 1. The molecule has 0 radical (unpaired) electrons. The molecule has 0 aromatic heterocycles. The average Bonchev–Trinajstić information content (AvgIpc) is 2.40. The summed E-state index contributed by atoms with van der Waals surface area (Å²) in [4.78, 5) is 15.2. The Bertz CT molecular complexity index is 540. The molecule has 5 heteroatoms. The number of aliphatic hydroxyl groups is 1. The molecule has 1 fully saturated rings. The quantitative estimate of drug-likeness (QED) is 0.813. The second-order valence-electron chi connectivity index (χ2n) is 6.86. The summed E-state index contributed by atoms with van der Waals surface area (Å²) in [7, 11) is 0. The Morgan fingerprint density at radius 2 is 2.14 bits per heavy atom. The minimum Gasteiger partial charge on any atom is -0.391 e. The van der Waals surface area contributed by atoms with Crippen LogP contribution in [0.1, 0.15) is 39.2 Å². The van der Waals surface area contributed by atoms with E-state index < -0.39 is 6.10 Å². The average molecular weight is 322 g/mol. The molecule has 0 bridgehead atoms. The van der Waals surface area contributed by atoms with Crippen molar-refractivity contribution in [1.82, 2.24) is 4.90 Å². The molecule has 0 spiro atoms. The molecule has 1 aliphatic heterocycles. The van der Waals surface area contributed by atoms with E-state index in [-0.39, 0.29) is 10.8 Å². The minimum absolute atomic E-state index is 0.127. The lowest BCUT2D eigenvalue weighted by atomic mass is 10.1. The van der Waals surface area contributed by atoms with Gasteiger partial charge in [-0.3, -0.25) is 0 Å². The monoisotopic (exact) mass is 322 g/mol. The number of aryl methyl sites for hydroxylation is 1. The molecule has 1 aliphatic rings. The second-order valence-corrected chi connectivity index (χ2v) is 8.76. The molecule has 1 aromatic carbocycles. The van der Waals surface area contributed by atoms with Crippen molar-refractivity contribution in [3.8, 4) is 0 Å². The standard InChI is InChI=1S/C17H26N2O2S/c1-12-10-14(22-17(2,3)4)7-8-15(12)18-16(21)19-9-5-6-13(20)11-19/h7-8,10,13,20H,5-6,9,11H2,1-4H3,(H,18,21)/t13-/m1/s1. The van der Waals surface area contributed by atoms with Crippen LogP contribution in [-0.4, -0.2) is 40.0 Å². The number of rotatable bonds is 2. The van der Waals surface area contributed by atoms with Crippen LogP contribution in [0.15, 0.2) is 23.1 Å². The Balaban J connectivity index is 2.02. The van der Waals surface area contributed by atoms with Crippen LogP contribution >= 0.6 is 11.8 Å². The molecule has 2 N–H and O–H groups in total. The lowest BCUT2D eigenvalue weighted by Crippen LogP contribution is -2.44. The van der Waals surface area contributed by atoms with Gasteiger partial charge in [-0.15, -0.1) is 11.8 Å². The number of urea groups is 1. The first-order valence-corrected chi connectivity index (χ1v) is 8.60. The largest absolute Gasteiger partial charge is 0.391 e. The molecule has 0 saturated carbocycles. The van der Waals surface area contributed by atoms with Crippen molar-refractivity contribution in [3.05, 3.63) is 23.8 Å². The van der Waals surface area contributed by atoms with E-state index in [1.165, 1.54) is 4.90 Å². The number of carbonyl (C=O) groups is 1. The highest BCUT2D eigenvalue weighted by Gasteiger charge is 2.22. The number of anilines is 1. The highest BCUT2D eigenvalue weighted by molar-refractivity contribution is 8.00. The topological polar surface area (TPSA) is 52.6 Å². The zero-order chi connectivity index (χ0) is 16.3. The smallest absolute Gasteiger partial charge is 0.321 e. The molecule has 22 heavy (non-hydrogen) atoms. The SMILES string of the molecule is Cc1cc(SC(C)(C)C)ccc1NC(=O)N1CCC[C@@H](O)C1. The summed E-state index contributed by atoms with van der Waals surface area (Å²) >= 11 is 1.81. The number of piperidine rings is 1. The van der Waals surface area contributed by atoms with Crippen molar-refractivity contribution >= 4 is 23.5 Å². The molecular weight excluding hydrogens is 296 g/mol. The number of benzene rings is 1. The summed E-state index contributed by atoms with van der Waals surface area (Å²) in [5.74, 6) is 0. The summed E-state index contributed by atoms with van der Waals surface area (Å²) in [6, 6.07) is 5.99. The molecule has 2 amide bonds. The third kappa shape index (κ3) is 4.92. The van der Waals surface area contributed by atoms with Crippen LogP contribution in [0.3, 0.4) is 0 Å². The fraction of sp³-hybridized carbons (Fsp3) is 0.588. The number of nitrogens with one attached hydrogen (secondary N) is 1. The van der Waals surface area contributed by atoms with Crippen LogP contribution in [0.4, 0.5) is 10.5 Å². The number of carbonyl (C=O) groups excluding carboxylic acids is 1. The zero-order valence-electron chi connectivity index (χ0n) is 13.8. The molecule has 1 saturated heterocycles. The number of nitrogens with zero attached hydrogens (tertiary/aromatic N) is 1. The van der Waals surface area contributed by atoms with Crippen LogP contribution in [-0.2, 0) is 0 Å². The van der Waals surface area contributed by atoms with Crippen LogP contribution < -0.4 is 5.32 Å². The van der Waals surface area contributed by atoms with E-state index >= 15 is 0 Å². The summed E-state index contributed by atoms with van der Waals surface area (Å²) in [6.07, 6.45) is 1.24. The van der Waals surface area contributed by atoms with E-state index in [9.17, 15) is 9.90 Å². The van der Waals surface area contributed by atoms with Crippen molar-refractivity contribution in [1.29, 1.82) is 0 Å². The maximum absolute atomic E-state index is 12.3. The Hall–Kier alpha value is -1.20. The number of aliphatic hydroxyl groups excluding tert-OH is 1. The van der Waals surface area contributed by atoms with Crippen molar-refractivity contribution in [3.63, 3.8) is 0 Å². The zero-order valence-corrected chi connectivity index (χ0v) is 14.7. The van der Waals surface area contributed by atoms with E-state index in [1.807, 2.05) is 30.8 Å². The predicted molar refractivity (Wildman–Crippen MR) is 92.6 cm³/mol. The van der Waals surface area contributed by atoms with Gasteiger partial charge in [0.2, 0.25) is 0 Å². The predicted octanol–water partition coefficient (Wildman–Crippen LogP) is 3.87. The molecular formula is C17H26N2O2S. The van der Waals surface area contributed by atoms with Crippen LogP contribution in [0.5, 0.6) is 0 Å². The van der Waals surface area contributed by atoms with Gasteiger partial charge < -0.3 is 15.3 Å². The van der Waals surface area contributed by atoms with Crippen LogP contribution in [0.2, 0.25) is 0 Å². The number of hydrogen-bond acceptors (Lipinski definition) is 3. The Morgan fingerprint density at radius 1 is 1.41 bits per heavy atom. The number of likely N-dealkylation sites (tertiary alicyclic amines) is 1. The van der Waals surface area contributed by atoms with Crippen LogP contribution in [0, 0.1) is 6.92 Å². The maximum atomic E-state index is 12.3. The second kappa shape index (κ2) is 6.92. The van der Waals surface area contributed by atoms with Crippen molar-refractivity contribution in [2.75, 3.05) is 18.4 Å². The minimum atomic E-state index is -0.397. The maximum Gasteiger partial charge on any atom is 0.321 e. The summed E-state index contributed by atoms with van der Waals surface area (Å²) in [5, 5.41) is 12.6. The molecule has 1 aromatic rings. The number of β-amino-alcohol motifs (C(OH)–C–C–N with tert-alkyl or cyclic N) is 1. The van der Waals surface area contributed by atoms with Crippen molar-refractivity contribution in [2.24, 2.45) is 0 Å². The van der Waals surface area contributed by atoms with E-state index in [0.717, 1.165) is 24.1 Å². The molecule has 1 heterocycles. The summed E-state index contributed by atoms with van der Waals surface area (Å²) in [5.41, 5.74) is 1.89. The van der Waals surface area contributed by atoms with Gasteiger partial charge in [0.15, 0.2) is 0 Å². The van der Waals surface area contributed by atoms with Gasteiger partial charge in [-0.1, -0.05) is 20.8 Å². The van der Waals surface area contributed by atoms with Gasteiger partial charge in [0.1, 0.15) is 0 Å². The van der Waals surface area contributed by atoms with Gasteiger partial charge in [-0.2, -0.15) is 0 Å². The van der Waals surface area contributed by atoms with Gasteiger partial charge in [0.25, 0.3) is 0 Å². The van der Waals surface area contributed by atoms with Gasteiger partial charge in [0.05, 0.1) is 6.10 Å². The molecule has 0 unspecified atom stereocenters. The van der Waals surface area contributed by atoms with E-state index in [1.54, 1.807) is 4.90 Å². The van der Waals surface area contributed by atoms with Crippen molar-refractivity contribution in [2.45, 2.75) is 56.3 Å². The first-order chi connectivity index (χ1) is 10.2. The Morgan fingerprint density at radius 3 is 2.73 bits per heavy atom. The highest BCUT2D eigenvalue weighted by Crippen LogP contribution is 2.33. The number of hydrogen-bond donors (Lipinski definition) is 2. The molecule has 2 rings (SSSR count). The van der Waals surface area contributed by atoms with Gasteiger partial charge in [0, 0.05) is 28.4 Å². The third-order valence-electron chi connectivity index (χ3n) is 3.55. The van der Waals surface area contributed by atoms with E-state index in [4.69, 9.17) is 0 Å². The molecule has 122 valence electrons. The molecule has 4 nitrogen and oxygen atoms in total. The van der Waals surface area contributed by atoms with Crippen LogP contribution in [0.25, 0.3) is 0 Å². The molecule has 0 aliphatic carbocycles. The lowest BCUT2D eigenvalue weighted by molar-refractivity contribution is 0.0883. The molecule has 1 atom stereocenters. The Kier molecular flexibility index (Phi) is 5.40. The first kappa shape index (κ1) is 17.2. The van der Waals surface area contributed by atoms with Gasteiger partial charge in [-0.25, -0.2) is 4.79 Å². The summed E-state index contributed by atoms with van der Waals surface area (Å²) < 4.78 is 0.168. The number of amides is 2. The lowest BCUT2D eigenvalue weighted by Gasteiger charge is -2.30. The van der Waals surface area contributed by atoms with Gasteiger partial charge >= 0.3 is 6.03 Å². The third-order valence-corrected chi connectivity index (χ3v) is 4.65. The highest BCUT2D eigenvalue weighted by atomic mass is 32.2. The Labute approximate surface area is 137 Å². The fourth-order valence-electron chi connectivity index (χ4n) is 2.53. The summed E-state index contributed by atoms with van der Waals surface area (Å²) in [6.45, 7) is 9.69.